The van der Waals surface area contributed by atoms with E-state index in [-0.39, 0.29) is 0 Å². The summed E-state index contributed by atoms with van der Waals surface area (Å²) >= 11 is 1.84. The molecule has 0 aliphatic carbocycles. The summed E-state index contributed by atoms with van der Waals surface area (Å²) in [6.07, 6.45) is 0. The zero-order chi connectivity index (χ0) is 11.3. The van der Waals surface area contributed by atoms with Gasteiger partial charge in [-0.3, -0.25) is 0 Å². The summed E-state index contributed by atoms with van der Waals surface area (Å²) in [5.41, 5.74) is 1.78. The van der Waals surface area contributed by atoms with E-state index in [1.807, 2.05) is 23.9 Å². The molecule has 0 aliphatic rings. The second kappa shape index (κ2) is 5.67. The Morgan fingerprint density at radius 1 is 1.47 bits per heavy atom. The summed E-state index contributed by atoms with van der Waals surface area (Å²) < 4.78 is 5.25. The van der Waals surface area contributed by atoms with Crippen molar-refractivity contribution in [2.45, 2.75) is 24.9 Å². The van der Waals surface area contributed by atoms with E-state index in [9.17, 15) is 0 Å². The number of hydrogen-bond acceptors (Lipinski definition) is 3. The summed E-state index contributed by atoms with van der Waals surface area (Å²) in [7, 11) is 1.66. The molecule has 0 atom stereocenters. The van der Waals surface area contributed by atoms with Crippen molar-refractivity contribution in [2.24, 2.45) is 0 Å². The quantitative estimate of drug-likeness (QED) is 0.782. The second-order valence-corrected chi connectivity index (χ2v) is 5.06. The average molecular weight is 221 g/mol. The molecule has 0 unspecified atom stereocenters. The van der Waals surface area contributed by atoms with Gasteiger partial charge in [0.1, 0.15) is 5.75 Å². The van der Waals surface area contributed by atoms with Crippen LogP contribution in [0.5, 0.6) is 5.75 Å². The Bertz CT molecular complexity index is 368. The molecule has 3 heteroatoms. The van der Waals surface area contributed by atoms with Gasteiger partial charge in [0.05, 0.1) is 18.7 Å². The largest absolute Gasteiger partial charge is 0.496 e. The van der Waals surface area contributed by atoms with Gasteiger partial charge >= 0.3 is 0 Å². The van der Waals surface area contributed by atoms with Gasteiger partial charge in [0.15, 0.2) is 0 Å². The SMILES string of the molecule is COc1ccc(C#N)cc1CSC(C)C. The van der Waals surface area contributed by atoms with E-state index in [1.165, 1.54) is 0 Å². The zero-order valence-electron chi connectivity index (χ0n) is 9.28. The first kappa shape index (κ1) is 11.9. The Labute approximate surface area is 95.3 Å². The van der Waals surface area contributed by atoms with E-state index in [4.69, 9.17) is 10.00 Å². The third kappa shape index (κ3) is 3.49. The molecule has 15 heavy (non-hydrogen) atoms. The molecule has 1 rings (SSSR count). The number of nitrogens with zero attached hydrogens (tertiary/aromatic N) is 1. The minimum absolute atomic E-state index is 0.584. The third-order valence-corrected chi connectivity index (χ3v) is 3.13. The maximum absolute atomic E-state index is 8.81. The smallest absolute Gasteiger partial charge is 0.122 e. The zero-order valence-corrected chi connectivity index (χ0v) is 10.1. The van der Waals surface area contributed by atoms with E-state index in [1.54, 1.807) is 13.2 Å². The lowest BCUT2D eigenvalue weighted by atomic mass is 10.1. The van der Waals surface area contributed by atoms with Gasteiger partial charge in [-0.2, -0.15) is 17.0 Å². The minimum atomic E-state index is 0.584. The Kier molecular flexibility index (Phi) is 4.51. The molecule has 1 aromatic rings. The highest BCUT2D eigenvalue weighted by Gasteiger charge is 2.05. The van der Waals surface area contributed by atoms with Crippen LogP contribution in [-0.4, -0.2) is 12.4 Å². The predicted molar refractivity (Wildman–Crippen MR) is 64.1 cm³/mol. The van der Waals surface area contributed by atoms with Crippen LogP contribution in [0.3, 0.4) is 0 Å². The van der Waals surface area contributed by atoms with Crippen LogP contribution in [0.1, 0.15) is 25.0 Å². The Morgan fingerprint density at radius 2 is 2.20 bits per heavy atom. The van der Waals surface area contributed by atoms with Crippen LogP contribution in [0.25, 0.3) is 0 Å². The van der Waals surface area contributed by atoms with Gasteiger partial charge in [-0.25, -0.2) is 0 Å². The Morgan fingerprint density at radius 3 is 2.73 bits per heavy atom. The van der Waals surface area contributed by atoms with Crippen LogP contribution >= 0.6 is 11.8 Å². The number of benzene rings is 1. The second-order valence-electron chi connectivity index (χ2n) is 3.50. The molecule has 0 fully saturated rings. The van der Waals surface area contributed by atoms with Crippen LogP contribution in [0, 0.1) is 11.3 Å². The highest BCUT2D eigenvalue weighted by atomic mass is 32.2. The van der Waals surface area contributed by atoms with Crippen molar-refractivity contribution in [2.75, 3.05) is 7.11 Å². The molecular formula is C12H15NOS. The van der Waals surface area contributed by atoms with Gasteiger partial charge in [-0.05, 0) is 23.4 Å². The number of ether oxygens (including phenoxy) is 1. The molecule has 0 amide bonds. The minimum Gasteiger partial charge on any atom is -0.496 e. The monoisotopic (exact) mass is 221 g/mol. The van der Waals surface area contributed by atoms with Crippen molar-refractivity contribution in [3.63, 3.8) is 0 Å². The molecule has 0 N–H and O–H groups in total. The van der Waals surface area contributed by atoms with Crippen LogP contribution in [0.15, 0.2) is 18.2 Å². The van der Waals surface area contributed by atoms with Gasteiger partial charge in [-0.15, -0.1) is 0 Å². The number of hydrogen-bond donors (Lipinski definition) is 0. The van der Waals surface area contributed by atoms with Crippen LogP contribution in [-0.2, 0) is 5.75 Å². The molecule has 0 heterocycles. The Balaban J connectivity index is 2.87. The molecule has 0 saturated carbocycles. The first-order valence-corrected chi connectivity index (χ1v) is 5.91. The number of methoxy groups -OCH3 is 1. The van der Waals surface area contributed by atoms with Crippen molar-refractivity contribution in [3.05, 3.63) is 29.3 Å². The van der Waals surface area contributed by atoms with E-state index < -0.39 is 0 Å². The fourth-order valence-corrected chi connectivity index (χ4v) is 1.96. The predicted octanol–water partition coefficient (Wildman–Crippen LogP) is 3.21. The molecular weight excluding hydrogens is 206 g/mol. The van der Waals surface area contributed by atoms with Crippen molar-refractivity contribution < 1.29 is 4.74 Å². The lowest BCUT2D eigenvalue weighted by Crippen LogP contribution is -1.94. The molecule has 0 saturated heterocycles. The van der Waals surface area contributed by atoms with Crippen molar-refractivity contribution in [1.29, 1.82) is 5.26 Å². The molecule has 0 bridgehead atoms. The van der Waals surface area contributed by atoms with Crippen LogP contribution in [0.2, 0.25) is 0 Å². The summed E-state index contributed by atoms with van der Waals surface area (Å²) in [5, 5.41) is 9.39. The van der Waals surface area contributed by atoms with Crippen molar-refractivity contribution in [1.82, 2.24) is 0 Å². The maximum Gasteiger partial charge on any atom is 0.122 e. The summed E-state index contributed by atoms with van der Waals surface area (Å²) in [4.78, 5) is 0. The lowest BCUT2D eigenvalue weighted by molar-refractivity contribution is 0.411. The van der Waals surface area contributed by atoms with Crippen LogP contribution in [0.4, 0.5) is 0 Å². The van der Waals surface area contributed by atoms with Gasteiger partial charge in [0.2, 0.25) is 0 Å². The van der Waals surface area contributed by atoms with Gasteiger partial charge in [-0.1, -0.05) is 13.8 Å². The first-order chi connectivity index (χ1) is 7.17. The van der Waals surface area contributed by atoms with Crippen molar-refractivity contribution >= 4 is 11.8 Å². The summed E-state index contributed by atoms with van der Waals surface area (Å²) in [6.45, 7) is 4.32. The molecule has 0 aliphatic heterocycles. The fourth-order valence-electron chi connectivity index (χ4n) is 1.22. The molecule has 0 aromatic heterocycles. The van der Waals surface area contributed by atoms with E-state index in [0.717, 1.165) is 17.1 Å². The topological polar surface area (TPSA) is 33.0 Å². The van der Waals surface area contributed by atoms with E-state index in [0.29, 0.717) is 10.8 Å². The summed E-state index contributed by atoms with van der Waals surface area (Å²) in [5.74, 6) is 1.75. The molecule has 1 aromatic carbocycles. The van der Waals surface area contributed by atoms with E-state index >= 15 is 0 Å². The van der Waals surface area contributed by atoms with Gasteiger partial charge < -0.3 is 4.74 Å². The number of thioether (sulfide) groups is 1. The average Bonchev–Trinajstić information content (AvgIpc) is 2.25. The number of nitriles is 1. The molecule has 0 radical (unpaired) electrons. The standard InChI is InChI=1S/C12H15NOS/c1-9(2)15-8-11-6-10(7-13)4-5-12(11)14-3/h4-6,9H,8H2,1-3H3. The van der Waals surface area contributed by atoms with Gasteiger partial charge in [0.25, 0.3) is 0 Å². The summed E-state index contributed by atoms with van der Waals surface area (Å²) in [6, 6.07) is 7.67. The first-order valence-electron chi connectivity index (χ1n) is 4.86. The third-order valence-electron chi connectivity index (χ3n) is 1.98. The molecule has 0 spiro atoms. The maximum atomic E-state index is 8.81. The highest BCUT2D eigenvalue weighted by molar-refractivity contribution is 7.99. The Hall–Kier alpha value is -1.14. The van der Waals surface area contributed by atoms with Crippen molar-refractivity contribution in [3.8, 4) is 11.8 Å². The highest BCUT2D eigenvalue weighted by Crippen LogP contribution is 2.26. The lowest BCUT2D eigenvalue weighted by Gasteiger charge is -2.09. The normalized spacial score (nSPS) is 10.1. The fraction of sp³-hybridized carbons (Fsp3) is 0.417. The van der Waals surface area contributed by atoms with Gasteiger partial charge in [0, 0.05) is 11.3 Å². The molecule has 80 valence electrons. The number of rotatable bonds is 4. The molecule has 2 nitrogen and oxygen atoms in total. The van der Waals surface area contributed by atoms with E-state index in [2.05, 4.69) is 19.9 Å². The van der Waals surface area contributed by atoms with Crippen LogP contribution < -0.4 is 4.74 Å².